The molecule has 0 fully saturated rings. The van der Waals surface area contributed by atoms with E-state index in [4.69, 9.17) is 4.42 Å². The summed E-state index contributed by atoms with van der Waals surface area (Å²) >= 11 is 1.72. The molecule has 2 rings (SSSR count). The first-order valence-electron chi connectivity index (χ1n) is 5.91. The van der Waals surface area contributed by atoms with Crippen LogP contribution in [0.3, 0.4) is 0 Å². The van der Waals surface area contributed by atoms with Gasteiger partial charge >= 0.3 is 0 Å². The summed E-state index contributed by atoms with van der Waals surface area (Å²) in [7, 11) is 0. The molecular formula is C13H18N2OS. The lowest BCUT2D eigenvalue weighted by atomic mass is 10.1. The van der Waals surface area contributed by atoms with E-state index >= 15 is 0 Å². The quantitative estimate of drug-likeness (QED) is 0.856. The van der Waals surface area contributed by atoms with Crippen LogP contribution in [-0.4, -0.2) is 11.0 Å². The molecule has 0 aromatic carbocycles. The van der Waals surface area contributed by atoms with Crippen molar-refractivity contribution in [3.05, 3.63) is 40.2 Å². The minimum Gasteiger partial charge on any atom is -0.469 e. The topological polar surface area (TPSA) is 38.1 Å². The molecule has 0 saturated carbocycles. The highest BCUT2D eigenvalue weighted by molar-refractivity contribution is 7.09. The van der Waals surface area contributed by atoms with E-state index < -0.39 is 0 Å². The maximum atomic E-state index is 5.31. The first kappa shape index (κ1) is 12.3. The minimum atomic E-state index is 0.476. The van der Waals surface area contributed by atoms with Gasteiger partial charge in [-0.15, -0.1) is 11.3 Å². The fourth-order valence-electron chi connectivity index (χ4n) is 1.66. The number of nitrogens with zero attached hydrogens (tertiary/aromatic N) is 1. The summed E-state index contributed by atoms with van der Waals surface area (Å²) in [5.74, 6) is 1.06. The van der Waals surface area contributed by atoms with Gasteiger partial charge in [-0.3, -0.25) is 0 Å². The standard InChI is InChI=1S/C13H18N2OS/c1-10(5-6-12-4-3-7-16-12)14-8-13-15-11(2)9-17-13/h3-4,7,9-10,14H,5-6,8H2,1-2H3. The van der Waals surface area contributed by atoms with E-state index in [1.807, 2.05) is 19.1 Å². The number of furan rings is 1. The molecule has 0 aliphatic rings. The molecule has 0 aliphatic heterocycles. The second-order valence-electron chi connectivity index (χ2n) is 4.28. The normalized spacial score (nSPS) is 12.8. The number of thiazole rings is 1. The summed E-state index contributed by atoms with van der Waals surface area (Å²) in [5.41, 5.74) is 1.11. The van der Waals surface area contributed by atoms with Crippen molar-refractivity contribution in [1.82, 2.24) is 10.3 Å². The molecule has 92 valence electrons. The fourth-order valence-corrected chi connectivity index (χ4v) is 2.38. The average molecular weight is 250 g/mol. The van der Waals surface area contributed by atoms with E-state index in [0.29, 0.717) is 6.04 Å². The number of aryl methyl sites for hydroxylation is 2. The Bertz CT molecular complexity index is 436. The van der Waals surface area contributed by atoms with Crippen molar-refractivity contribution in [2.75, 3.05) is 0 Å². The minimum absolute atomic E-state index is 0.476. The highest BCUT2D eigenvalue weighted by Gasteiger charge is 2.05. The van der Waals surface area contributed by atoms with E-state index in [0.717, 1.165) is 35.8 Å². The largest absolute Gasteiger partial charge is 0.469 e. The number of aromatic nitrogens is 1. The maximum absolute atomic E-state index is 5.31. The Hall–Kier alpha value is -1.13. The first-order chi connectivity index (χ1) is 8.24. The number of hydrogen-bond donors (Lipinski definition) is 1. The molecule has 0 radical (unpaired) electrons. The highest BCUT2D eigenvalue weighted by atomic mass is 32.1. The monoisotopic (exact) mass is 250 g/mol. The van der Waals surface area contributed by atoms with E-state index in [9.17, 15) is 0 Å². The molecule has 0 saturated heterocycles. The van der Waals surface area contributed by atoms with Crippen LogP contribution < -0.4 is 5.32 Å². The molecule has 0 bridgehead atoms. The summed E-state index contributed by atoms with van der Waals surface area (Å²) in [4.78, 5) is 4.43. The van der Waals surface area contributed by atoms with Gasteiger partial charge in [0.05, 0.1) is 6.26 Å². The number of hydrogen-bond acceptors (Lipinski definition) is 4. The van der Waals surface area contributed by atoms with Crippen LogP contribution in [0.4, 0.5) is 0 Å². The van der Waals surface area contributed by atoms with Crippen LogP contribution in [0.25, 0.3) is 0 Å². The van der Waals surface area contributed by atoms with Gasteiger partial charge in [-0.2, -0.15) is 0 Å². The Balaban J connectivity index is 1.69. The second kappa shape index (κ2) is 5.98. The third-order valence-electron chi connectivity index (χ3n) is 2.67. The summed E-state index contributed by atoms with van der Waals surface area (Å²) in [6.45, 7) is 5.08. The predicted molar refractivity (Wildman–Crippen MR) is 70.2 cm³/mol. The van der Waals surface area contributed by atoms with E-state index in [1.54, 1.807) is 17.6 Å². The SMILES string of the molecule is Cc1csc(CNC(C)CCc2ccco2)n1. The first-order valence-corrected chi connectivity index (χ1v) is 6.79. The zero-order chi connectivity index (χ0) is 12.1. The van der Waals surface area contributed by atoms with Crippen molar-refractivity contribution < 1.29 is 4.42 Å². The Morgan fingerprint density at radius 1 is 1.53 bits per heavy atom. The lowest BCUT2D eigenvalue weighted by Crippen LogP contribution is -2.25. The molecule has 0 aliphatic carbocycles. The van der Waals surface area contributed by atoms with Crippen LogP contribution >= 0.6 is 11.3 Å². The fraction of sp³-hybridized carbons (Fsp3) is 0.462. The van der Waals surface area contributed by atoms with Gasteiger partial charge in [0.2, 0.25) is 0 Å². The molecule has 2 heterocycles. The summed E-state index contributed by atoms with van der Waals surface area (Å²) in [5, 5.41) is 6.73. The maximum Gasteiger partial charge on any atom is 0.107 e. The zero-order valence-electron chi connectivity index (χ0n) is 10.3. The van der Waals surface area contributed by atoms with Gasteiger partial charge in [-0.05, 0) is 32.4 Å². The zero-order valence-corrected chi connectivity index (χ0v) is 11.1. The van der Waals surface area contributed by atoms with Gasteiger partial charge in [0, 0.05) is 30.1 Å². The average Bonchev–Trinajstić information content (AvgIpc) is 2.95. The lowest BCUT2D eigenvalue weighted by Gasteiger charge is -2.11. The van der Waals surface area contributed by atoms with Crippen LogP contribution in [0.15, 0.2) is 28.2 Å². The van der Waals surface area contributed by atoms with Crippen molar-refractivity contribution in [1.29, 1.82) is 0 Å². The van der Waals surface area contributed by atoms with E-state index in [1.165, 1.54) is 0 Å². The molecule has 3 nitrogen and oxygen atoms in total. The van der Waals surface area contributed by atoms with Crippen molar-refractivity contribution >= 4 is 11.3 Å². The van der Waals surface area contributed by atoms with Gasteiger partial charge in [0.25, 0.3) is 0 Å². The van der Waals surface area contributed by atoms with Gasteiger partial charge in [-0.1, -0.05) is 0 Å². The third kappa shape index (κ3) is 3.98. The molecule has 4 heteroatoms. The van der Waals surface area contributed by atoms with E-state index in [-0.39, 0.29) is 0 Å². The Labute approximate surface area is 106 Å². The van der Waals surface area contributed by atoms with Crippen molar-refractivity contribution in [3.63, 3.8) is 0 Å². The number of rotatable bonds is 6. The van der Waals surface area contributed by atoms with Gasteiger partial charge < -0.3 is 9.73 Å². The van der Waals surface area contributed by atoms with Gasteiger partial charge in [-0.25, -0.2) is 4.98 Å². The molecule has 1 unspecified atom stereocenters. The summed E-state index contributed by atoms with van der Waals surface area (Å²) in [6.07, 6.45) is 3.79. The smallest absolute Gasteiger partial charge is 0.107 e. The number of nitrogens with one attached hydrogen (secondary N) is 1. The Morgan fingerprint density at radius 2 is 2.41 bits per heavy atom. The third-order valence-corrected chi connectivity index (χ3v) is 3.64. The molecule has 1 atom stereocenters. The Kier molecular flexibility index (Phi) is 4.34. The lowest BCUT2D eigenvalue weighted by molar-refractivity contribution is 0.459. The molecule has 17 heavy (non-hydrogen) atoms. The van der Waals surface area contributed by atoms with Crippen molar-refractivity contribution in [2.45, 2.75) is 39.3 Å². The van der Waals surface area contributed by atoms with Crippen LogP contribution in [-0.2, 0) is 13.0 Å². The highest BCUT2D eigenvalue weighted by Crippen LogP contribution is 2.10. The van der Waals surface area contributed by atoms with Crippen molar-refractivity contribution in [2.24, 2.45) is 0 Å². The van der Waals surface area contributed by atoms with Crippen molar-refractivity contribution in [3.8, 4) is 0 Å². The van der Waals surface area contributed by atoms with Crippen LogP contribution in [0.1, 0.15) is 29.8 Å². The summed E-state index contributed by atoms with van der Waals surface area (Å²) in [6, 6.07) is 4.44. The second-order valence-corrected chi connectivity index (χ2v) is 5.23. The molecule has 2 aromatic rings. The molecular weight excluding hydrogens is 232 g/mol. The van der Waals surface area contributed by atoms with Crippen LogP contribution in [0.2, 0.25) is 0 Å². The van der Waals surface area contributed by atoms with Gasteiger partial charge in [0.15, 0.2) is 0 Å². The van der Waals surface area contributed by atoms with Crippen LogP contribution in [0, 0.1) is 6.92 Å². The summed E-state index contributed by atoms with van der Waals surface area (Å²) < 4.78 is 5.31. The predicted octanol–water partition coefficient (Wildman–Crippen LogP) is 3.16. The molecule has 0 amide bonds. The van der Waals surface area contributed by atoms with Gasteiger partial charge in [0.1, 0.15) is 10.8 Å². The van der Waals surface area contributed by atoms with Crippen LogP contribution in [0.5, 0.6) is 0 Å². The molecule has 0 spiro atoms. The molecule has 2 aromatic heterocycles. The Morgan fingerprint density at radius 3 is 3.06 bits per heavy atom. The van der Waals surface area contributed by atoms with E-state index in [2.05, 4.69) is 22.6 Å². The molecule has 1 N–H and O–H groups in total.